The Bertz CT molecular complexity index is 318. The van der Waals surface area contributed by atoms with Crippen LogP contribution in [0.25, 0.3) is 0 Å². The van der Waals surface area contributed by atoms with Crippen LogP contribution in [0.2, 0.25) is 0 Å². The highest BCUT2D eigenvalue weighted by Gasteiger charge is 2.13. The normalized spacial score (nSPS) is 13.4. The van der Waals surface area contributed by atoms with E-state index in [9.17, 15) is 5.11 Å². The van der Waals surface area contributed by atoms with Gasteiger partial charge in [0, 0.05) is 7.05 Å². The third-order valence-corrected chi connectivity index (χ3v) is 2.93. The molecule has 1 aromatic rings. The second kappa shape index (κ2) is 6.04. The molecule has 3 heteroatoms. The topological polar surface area (TPSA) is 38.0 Å². The largest absolute Gasteiger partial charge is 0.387 e. The number of aliphatic hydroxyl groups is 1. The van der Waals surface area contributed by atoms with E-state index in [1.165, 1.54) is 6.42 Å². The minimum atomic E-state index is -0.364. The zero-order valence-electron chi connectivity index (χ0n) is 10.9. The number of nitrogens with zero attached hydrogens (tertiary/aromatic N) is 2. The van der Waals surface area contributed by atoms with Gasteiger partial charge in [-0.2, -0.15) is 5.10 Å². The monoisotopic (exact) mass is 224 g/mol. The van der Waals surface area contributed by atoms with Gasteiger partial charge in [-0.05, 0) is 24.8 Å². The Morgan fingerprint density at radius 3 is 2.56 bits per heavy atom. The molecule has 1 aromatic heterocycles. The van der Waals surface area contributed by atoms with Crippen LogP contribution in [0.1, 0.15) is 57.5 Å². The highest BCUT2D eigenvalue weighted by atomic mass is 16.3. The highest BCUT2D eigenvalue weighted by Crippen LogP contribution is 2.21. The smallest absolute Gasteiger partial charge is 0.0956 e. The summed E-state index contributed by atoms with van der Waals surface area (Å²) in [5.41, 5.74) is 2.00. The van der Waals surface area contributed by atoms with Crippen molar-refractivity contribution in [3.05, 3.63) is 17.5 Å². The Hall–Kier alpha value is -0.830. The maximum Gasteiger partial charge on any atom is 0.0956 e. The van der Waals surface area contributed by atoms with Gasteiger partial charge in [0.15, 0.2) is 0 Å². The van der Waals surface area contributed by atoms with E-state index in [-0.39, 0.29) is 6.10 Å². The van der Waals surface area contributed by atoms with E-state index in [1.54, 1.807) is 4.68 Å². The Morgan fingerprint density at radius 1 is 1.38 bits per heavy atom. The van der Waals surface area contributed by atoms with Crippen LogP contribution >= 0.6 is 0 Å². The summed E-state index contributed by atoms with van der Waals surface area (Å²) in [6.45, 7) is 6.51. The van der Waals surface area contributed by atoms with Crippen LogP contribution in [-0.2, 0) is 13.5 Å². The number of hydrogen-bond donors (Lipinski definition) is 1. The average molecular weight is 224 g/mol. The summed E-state index contributed by atoms with van der Waals surface area (Å²) in [6, 6.07) is 2.01. The number of rotatable bonds is 6. The van der Waals surface area contributed by atoms with Crippen LogP contribution in [0.4, 0.5) is 0 Å². The minimum absolute atomic E-state index is 0.364. The molecule has 1 unspecified atom stereocenters. The van der Waals surface area contributed by atoms with E-state index in [0.29, 0.717) is 5.92 Å². The first kappa shape index (κ1) is 13.2. The van der Waals surface area contributed by atoms with Crippen LogP contribution in [0.5, 0.6) is 0 Å². The lowest BCUT2D eigenvalue weighted by Crippen LogP contribution is -2.05. The molecule has 92 valence electrons. The van der Waals surface area contributed by atoms with E-state index in [2.05, 4.69) is 25.9 Å². The average Bonchev–Trinajstić information content (AvgIpc) is 2.59. The fraction of sp³-hybridized carbons (Fsp3) is 0.769. The molecule has 0 aliphatic carbocycles. The summed E-state index contributed by atoms with van der Waals surface area (Å²) in [5.74, 6) is 0.713. The summed E-state index contributed by atoms with van der Waals surface area (Å²) in [7, 11) is 1.90. The van der Waals surface area contributed by atoms with Crippen molar-refractivity contribution in [3.8, 4) is 0 Å². The van der Waals surface area contributed by atoms with E-state index in [4.69, 9.17) is 0 Å². The summed E-state index contributed by atoms with van der Waals surface area (Å²) in [4.78, 5) is 0. The van der Waals surface area contributed by atoms with Gasteiger partial charge in [-0.15, -0.1) is 0 Å². The van der Waals surface area contributed by atoms with Gasteiger partial charge < -0.3 is 5.11 Å². The zero-order chi connectivity index (χ0) is 12.1. The van der Waals surface area contributed by atoms with Crippen molar-refractivity contribution in [1.82, 2.24) is 9.78 Å². The SMILES string of the molecule is CCc1cc(C(O)CCCC(C)C)n(C)n1. The molecular weight excluding hydrogens is 200 g/mol. The molecule has 0 aliphatic heterocycles. The standard InChI is InChI=1S/C13H24N2O/c1-5-11-9-12(15(4)14-11)13(16)8-6-7-10(2)3/h9-10,13,16H,5-8H2,1-4H3. The van der Waals surface area contributed by atoms with Crippen molar-refractivity contribution in [1.29, 1.82) is 0 Å². The molecular formula is C13H24N2O. The summed E-state index contributed by atoms with van der Waals surface area (Å²) in [6.07, 6.45) is 3.64. The lowest BCUT2D eigenvalue weighted by atomic mass is 10.0. The van der Waals surface area contributed by atoms with Gasteiger partial charge in [-0.25, -0.2) is 0 Å². The third kappa shape index (κ3) is 3.63. The van der Waals surface area contributed by atoms with Gasteiger partial charge in [0.05, 0.1) is 17.5 Å². The van der Waals surface area contributed by atoms with Gasteiger partial charge in [0.1, 0.15) is 0 Å². The maximum absolute atomic E-state index is 10.1. The molecule has 0 aliphatic rings. The molecule has 0 saturated heterocycles. The first-order valence-electron chi connectivity index (χ1n) is 6.25. The van der Waals surface area contributed by atoms with Crippen molar-refractivity contribution < 1.29 is 5.11 Å². The molecule has 1 rings (SSSR count). The zero-order valence-corrected chi connectivity index (χ0v) is 10.9. The predicted molar refractivity (Wildman–Crippen MR) is 66.2 cm³/mol. The third-order valence-electron chi connectivity index (χ3n) is 2.93. The van der Waals surface area contributed by atoms with E-state index in [1.807, 2.05) is 13.1 Å². The second-order valence-corrected chi connectivity index (χ2v) is 4.88. The molecule has 1 heterocycles. The van der Waals surface area contributed by atoms with Crippen molar-refractivity contribution in [2.24, 2.45) is 13.0 Å². The molecule has 0 amide bonds. The van der Waals surface area contributed by atoms with E-state index >= 15 is 0 Å². The van der Waals surface area contributed by atoms with Crippen LogP contribution < -0.4 is 0 Å². The molecule has 1 atom stereocenters. The second-order valence-electron chi connectivity index (χ2n) is 4.88. The number of aromatic nitrogens is 2. The van der Waals surface area contributed by atoms with Crippen molar-refractivity contribution in [2.45, 2.75) is 52.6 Å². The molecule has 16 heavy (non-hydrogen) atoms. The quantitative estimate of drug-likeness (QED) is 0.807. The minimum Gasteiger partial charge on any atom is -0.387 e. The molecule has 0 fully saturated rings. The lowest BCUT2D eigenvalue weighted by Gasteiger charge is -2.11. The van der Waals surface area contributed by atoms with Crippen molar-refractivity contribution in [2.75, 3.05) is 0 Å². The molecule has 3 nitrogen and oxygen atoms in total. The highest BCUT2D eigenvalue weighted by molar-refractivity contribution is 5.12. The van der Waals surface area contributed by atoms with Crippen molar-refractivity contribution >= 4 is 0 Å². The molecule has 1 N–H and O–H groups in total. The van der Waals surface area contributed by atoms with Gasteiger partial charge >= 0.3 is 0 Å². The van der Waals surface area contributed by atoms with E-state index in [0.717, 1.165) is 30.7 Å². The summed E-state index contributed by atoms with van der Waals surface area (Å²) < 4.78 is 1.80. The molecule has 0 aromatic carbocycles. The number of hydrogen-bond acceptors (Lipinski definition) is 2. The van der Waals surface area contributed by atoms with Crippen LogP contribution in [-0.4, -0.2) is 14.9 Å². The number of aliphatic hydroxyl groups excluding tert-OH is 1. The Labute approximate surface area is 98.5 Å². The summed E-state index contributed by atoms with van der Waals surface area (Å²) >= 11 is 0. The lowest BCUT2D eigenvalue weighted by molar-refractivity contribution is 0.152. The fourth-order valence-electron chi connectivity index (χ4n) is 1.90. The van der Waals surface area contributed by atoms with Crippen LogP contribution in [0, 0.1) is 5.92 Å². The van der Waals surface area contributed by atoms with Gasteiger partial charge in [0.2, 0.25) is 0 Å². The first-order valence-corrected chi connectivity index (χ1v) is 6.25. The fourth-order valence-corrected chi connectivity index (χ4v) is 1.90. The van der Waals surface area contributed by atoms with Crippen LogP contribution in [0.3, 0.4) is 0 Å². The number of aryl methyl sites for hydroxylation is 2. The molecule has 0 spiro atoms. The Kier molecular flexibility index (Phi) is 5.00. The molecule has 0 radical (unpaired) electrons. The van der Waals surface area contributed by atoms with Crippen molar-refractivity contribution in [3.63, 3.8) is 0 Å². The summed E-state index contributed by atoms with van der Waals surface area (Å²) in [5, 5.41) is 14.4. The Balaban J connectivity index is 2.51. The molecule has 0 bridgehead atoms. The molecule has 0 saturated carbocycles. The van der Waals surface area contributed by atoms with Gasteiger partial charge in [-0.1, -0.05) is 33.6 Å². The van der Waals surface area contributed by atoms with Crippen LogP contribution in [0.15, 0.2) is 6.07 Å². The predicted octanol–water partition coefficient (Wildman–Crippen LogP) is 2.84. The van der Waals surface area contributed by atoms with E-state index < -0.39 is 0 Å². The Morgan fingerprint density at radius 2 is 2.06 bits per heavy atom. The van der Waals surface area contributed by atoms with Gasteiger partial charge in [-0.3, -0.25) is 4.68 Å². The first-order chi connectivity index (χ1) is 7.54. The van der Waals surface area contributed by atoms with Gasteiger partial charge in [0.25, 0.3) is 0 Å². The maximum atomic E-state index is 10.1.